The van der Waals surface area contributed by atoms with E-state index in [2.05, 4.69) is 23.4 Å². The first-order valence-corrected chi connectivity index (χ1v) is 6.25. The van der Waals surface area contributed by atoms with Gasteiger partial charge in [-0.2, -0.15) is 11.8 Å². The van der Waals surface area contributed by atoms with Gasteiger partial charge in [0.15, 0.2) is 0 Å². The van der Waals surface area contributed by atoms with E-state index >= 15 is 0 Å². The Labute approximate surface area is 89.1 Å². The molecule has 0 aromatic carbocycles. The Hall–Kier alpha value is -0.640. The minimum Gasteiger partial charge on any atom is -0.384 e. The molecular weight excluding hydrogens is 194 g/mol. The molecule has 2 heterocycles. The molecule has 3 nitrogen and oxygen atoms in total. The summed E-state index contributed by atoms with van der Waals surface area (Å²) in [4.78, 5) is 4.44. The van der Waals surface area contributed by atoms with Crippen molar-refractivity contribution in [3.8, 4) is 0 Å². The molecule has 4 heteroatoms. The number of aromatic nitrogens is 2. The Morgan fingerprint density at radius 1 is 1.64 bits per heavy atom. The molecule has 1 aromatic heterocycles. The summed E-state index contributed by atoms with van der Waals surface area (Å²) < 4.78 is 2.05. The topological polar surface area (TPSA) is 43.8 Å². The normalized spacial score (nSPS) is 22.1. The van der Waals surface area contributed by atoms with Crippen molar-refractivity contribution in [1.29, 1.82) is 0 Å². The van der Waals surface area contributed by atoms with Gasteiger partial charge in [0.25, 0.3) is 0 Å². The number of hydrogen-bond acceptors (Lipinski definition) is 3. The van der Waals surface area contributed by atoms with E-state index in [0.717, 1.165) is 11.5 Å². The first kappa shape index (κ1) is 9.90. The molecule has 1 atom stereocenters. The van der Waals surface area contributed by atoms with Crippen molar-refractivity contribution in [1.82, 2.24) is 9.55 Å². The van der Waals surface area contributed by atoms with Crippen molar-refractivity contribution in [2.45, 2.75) is 32.2 Å². The quantitative estimate of drug-likeness (QED) is 0.816. The number of nitrogens with zero attached hydrogens (tertiary/aromatic N) is 2. The van der Waals surface area contributed by atoms with E-state index < -0.39 is 0 Å². The molecule has 78 valence electrons. The lowest BCUT2D eigenvalue weighted by Gasteiger charge is -2.11. The summed E-state index contributed by atoms with van der Waals surface area (Å²) in [7, 11) is 0. The van der Waals surface area contributed by atoms with Crippen LogP contribution in [0.15, 0.2) is 6.33 Å². The Morgan fingerprint density at radius 2 is 2.43 bits per heavy atom. The number of thioether (sulfide) groups is 1. The minimum absolute atomic E-state index is 0.408. The van der Waals surface area contributed by atoms with E-state index in [1.165, 1.54) is 17.9 Å². The second kappa shape index (κ2) is 3.85. The van der Waals surface area contributed by atoms with Gasteiger partial charge in [-0.15, -0.1) is 0 Å². The smallest absolute Gasteiger partial charge is 0.127 e. The fraction of sp³-hybridized carbons (Fsp3) is 0.700. The molecule has 0 bridgehead atoms. The standard InChI is InChI=1S/C10H17N3S/c1-7(2)13-6-12-9(10(13)11)8-3-4-14-5-8/h6-8H,3-5,11H2,1-2H3. The van der Waals surface area contributed by atoms with Crippen molar-refractivity contribution < 1.29 is 0 Å². The van der Waals surface area contributed by atoms with Gasteiger partial charge in [0.2, 0.25) is 0 Å². The number of rotatable bonds is 2. The summed E-state index contributed by atoms with van der Waals surface area (Å²) >= 11 is 2.00. The van der Waals surface area contributed by atoms with Crippen LogP contribution in [0.2, 0.25) is 0 Å². The molecule has 1 fully saturated rings. The van der Waals surface area contributed by atoms with Crippen LogP contribution in [0.1, 0.15) is 37.9 Å². The van der Waals surface area contributed by atoms with Crippen molar-refractivity contribution in [2.24, 2.45) is 0 Å². The zero-order valence-electron chi connectivity index (χ0n) is 8.73. The Bertz CT molecular complexity index is 313. The highest BCUT2D eigenvalue weighted by atomic mass is 32.2. The van der Waals surface area contributed by atoms with E-state index in [1.807, 2.05) is 18.1 Å². The van der Waals surface area contributed by atoms with Crippen LogP contribution in [0.3, 0.4) is 0 Å². The third-order valence-electron chi connectivity index (χ3n) is 2.73. The average molecular weight is 211 g/mol. The second-order valence-electron chi connectivity index (χ2n) is 4.08. The van der Waals surface area contributed by atoms with Gasteiger partial charge in [-0.1, -0.05) is 0 Å². The number of nitrogens with two attached hydrogens (primary N) is 1. The Kier molecular flexibility index (Phi) is 2.72. The largest absolute Gasteiger partial charge is 0.384 e. The van der Waals surface area contributed by atoms with Crippen LogP contribution in [-0.4, -0.2) is 21.1 Å². The maximum absolute atomic E-state index is 6.08. The third kappa shape index (κ3) is 1.63. The predicted molar refractivity (Wildman–Crippen MR) is 61.7 cm³/mol. The van der Waals surface area contributed by atoms with Crippen molar-refractivity contribution >= 4 is 17.6 Å². The van der Waals surface area contributed by atoms with Crippen LogP contribution in [0, 0.1) is 0 Å². The summed E-state index contributed by atoms with van der Waals surface area (Å²) in [6.07, 6.45) is 3.10. The number of hydrogen-bond donors (Lipinski definition) is 1. The molecule has 0 spiro atoms. The van der Waals surface area contributed by atoms with E-state index in [-0.39, 0.29) is 0 Å². The summed E-state index contributed by atoms with van der Waals surface area (Å²) in [5.41, 5.74) is 7.19. The van der Waals surface area contributed by atoms with Gasteiger partial charge in [0.1, 0.15) is 5.82 Å². The van der Waals surface area contributed by atoms with Crippen LogP contribution >= 0.6 is 11.8 Å². The summed E-state index contributed by atoms with van der Waals surface area (Å²) in [6.45, 7) is 4.26. The number of imidazole rings is 1. The molecule has 0 aliphatic carbocycles. The molecule has 1 saturated heterocycles. The van der Waals surface area contributed by atoms with Crippen LogP contribution in [-0.2, 0) is 0 Å². The predicted octanol–water partition coefficient (Wildman–Crippen LogP) is 2.27. The van der Waals surface area contributed by atoms with Gasteiger partial charge in [-0.25, -0.2) is 4.98 Å². The van der Waals surface area contributed by atoms with Crippen molar-refractivity contribution in [2.75, 3.05) is 17.2 Å². The van der Waals surface area contributed by atoms with Crippen molar-refractivity contribution in [3.05, 3.63) is 12.0 Å². The van der Waals surface area contributed by atoms with Crippen LogP contribution < -0.4 is 5.73 Å². The van der Waals surface area contributed by atoms with Gasteiger partial charge >= 0.3 is 0 Å². The van der Waals surface area contributed by atoms with E-state index in [0.29, 0.717) is 12.0 Å². The molecule has 1 aliphatic heterocycles. The lowest BCUT2D eigenvalue weighted by Crippen LogP contribution is -2.07. The highest BCUT2D eigenvalue weighted by molar-refractivity contribution is 7.99. The number of anilines is 1. The second-order valence-corrected chi connectivity index (χ2v) is 5.23. The maximum Gasteiger partial charge on any atom is 0.127 e. The monoisotopic (exact) mass is 211 g/mol. The first-order valence-electron chi connectivity index (χ1n) is 5.10. The van der Waals surface area contributed by atoms with E-state index in [4.69, 9.17) is 5.73 Å². The first-order chi connectivity index (χ1) is 6.70. The van der Waals surface area contributed by atoms with Crippen LogP contribution in [0.5, 0.6) is 0 Å². The van der Waals surface area contributed by atoms with Crippen LogP contribution in [0.4, 0.5) is 5.82 Å². The fourth-order valence-corrected chi connectivity index (χ4v) is 3.09. The molecule has 2 N–H and O–H groups in total. The SMILES string of the molecule is CC(C)n1cnc(C2CCSC2)c1N. The van der Waals surface area contributed by atoms with Gasteiger partial charge in [0.05, 0.1) is 12.0 Å². The molecule has 14 heavy (non-hydrogen) atoms. The van der Waals surface area contributed by atoms with Gasteiger partial charge in [-0.3, -0.25) is 0 Å². The molecule has 1 unspecified atom stereocenters. The lowest BCUT2D eigenvalue weighted by molar-refractivity contribution is 0.606. The molecule has 2 rings (SSSR count). The summed E-state index contributed by atoms with van der Waals surface area (Å²) in [5.74, 6) is 3.88. The number of nitrogen functional groups attached to an aromatic ring is 1. The fourth-order valence-electron chi connectivity index (χ4n) is 1.86. The van der Waals surface area contributed by atoms with E-state index in [1.54, 1.807) is 0 Å². The zero-order chi connectivity index (χ0) is 10.1. The molecule has 1 aromatic rings. The zero-order valence-corrected chi connectivity index (χ0v) is 9.55. The van der Waals surface area contributed by atoms with E-state index in [9.17, 15) is 0 Å². The van der Waals surface area contributed by atoms with Gasteiger partial charge in [0, 0.05) is 17.7 Å². The highest BCUT2D eigenvalue weighted by Crippen LogP contribution is 2.34. The molecule has 0 radical (unpaired) electrons. The van der Waals surface area contributed by atoms with Crippen LogP contribution in [0.25, 0.3) is 0 Å². The third-order valence-corrected chi connectivity index (χ3v) is 3.90. The average Bonchev–Trinajstić information content (AvgIpc) is 2.71. The Morgan fingerprint density at radius 3 is 2.93 bits per heavy atom. The lowest BCUT2D eigenvalue weighted by atomic mass is 10.1. The summed E-state index contributed by atoms with van der Waals surface area (Å²) in [5, 5.41) is 0. The summed E-state index contributed by atoms with van der Waals surface area (Å²) in [6, 6.07) is 0.408. The molecule has 0 amide bonds. The molecular formula is C10H17N3S. The highest BCUT2D eigenvalue weighted by Gasteiger charge is 2.23. The minimum atomic E-state index is 0.408. The molecule has 1 aliphatic rings. The van der Waals surface area contributed by atoms with Gasteiger partial charge in [-0.05, 0) is 26.0 Å². The maximum atomic E-state index is 6.08. The van der Waals surface area contributed by atoms with Crippen molar-refractivity contribution in [3.63, 3.8) is 0 Å². The molecule has 0 saturated carbocycles. The Balaban J connectivity index is 2.26. The van der Waals surface area contributed by atoms with Gasteiger partial charge < -0.3 is 10.3 Å².